The lowest BCUT2D eigenvalue weighted by Crippen LogP contribution is -2.49. The molecule has 0 saturated carbocycles. The van der Waals surface area contributed by atoms with Crippen LogP contribution in [0.1, 0.15) is 46.5 Å². The Hall–Kier alpha value is -0.810. The highest BCUT2D eigenvalue weighted by Crippen LogP contribution is 2.10. The normalized spacial score (nSPS) is 18.0. The zero-order valence-electron chi connectivity index (χ0n) is 15.0. The molecule has 0 amide bonds. The number of ether oxygens (including phenoxy) is 1. The Morgan fingerprint density at radius 1 is 1.27 bits per heavy atom. The fourth-order valence-electron chi connectivity index (χ4n) is 2.67. The summed E-state index contributed by atoms with van der Waals surface area (Å²) >= 11 is 0. The van der Waals surface area contributed by atoms with Gasteiger partial charge in [0.1, 0.15) is 0 Å². The van der Waals surface area contributed by atoms with E-state index >= 15 is 0 Å². The van der Waals surface area contributed by atoms with E-state index in [2.05, 4.69) is 41.3 Å². The molecule has 0 unspecified atom stereocenters. The molecule has 1 heterocycles. The number of rotatable bonds is 9. The fourth-order valence-corrected chi connectivity index (χ4v) is 2.67. The predicted octanol–water partition coefficient (Wildman–Crippen LogP) is 2.09. The van der Waals surface area contributed by atoms with Gasteiger partial charge in [-0.15, -0.1) is 0 Å². The maximum Gasteiger partial charge on any atom is 0.191 e. The van der Waals surface area contributed by atoms with Gasteiger partial charge in [-0.05, 0) is 38.1 Å². The number of aliphatic imine (C=N–C) groups is 1. The Labute approximate surface area is 136 Å². The Kier molecular flexibility index (Phi) is 10.2. The zero-order chi connectivity index (χ0) is 16.2. The number of likely N-dealkylation sites (tertiary alicyclic amines) is 1. The first-order valence-electron chi connectivity index (χ1n) is 8.93. The summed E-state index contributed by atoms with van der Waals surface area (Å²) in [4.78, 5) is 6.86. The minimum Gasteiger partial charge on any atom is -0.380 e. The van der Waals surface area contributed by atoms with Gasteiger partial charge in [0.15, 0.2) is 5.96 Å². The highest BCUT2D eigenvalue weighted by atomic mass is 16.5. The largest absolute Gasteiger partial charge is 0.380 e. The summed E-state index contributed by atoms with van der Waals surface area (Å²) < 4.78 is 5.62. The van der Waals surface area contributed by atoms with Crippen molar-refractivity contribution in [1.29, 1.82) is 0 Å². The van der Waals surface area contributed by atoms with Gasteiger partial charge in [-0.1, -0.05) is 20.8 Å². The topological polar surface area (TPSA) is 48.9 Å². The van der Waals surface area contributed by atoms with E-state index in [1.54, 1.807) is 0 Å². The van der Waals surface area contributed by atoms with Crippen molar-refractivity contribution in [1.82, 2.24) is 15.5 Å². The molecule has 1 saturated heterocycles. The maximum absolute atomic E-state index is 5.62. The molecule has 0 aromatic rings. The molecule has 1 aliphatic heterocycles. The molecule has 130 valence electrons. The molecule has 0 aromatic carbocycles. The van der Waals surface area contributed by atoms with Crippen molar-refractivity contribution in [2.45, 2.75) is 52.5 Å². The molecule has 0 radical (unpaired) electrons. The number of guanidine groups is 1. The third kappa shape index (κ3) is 8.59. The average Bonchev–Trinajstić information content (AvgIpc) is 2.51. The van der Waals surface area contributed by atoms with Crippen molar-refractivity contribution in [2.24, 2.45) is 10.9 Å². The summed E-state index contributed by atoms with van der Waals surface area (Å²) in [6, 6.07) is 0.543. The van der Waals surface area contributed by atoms with Crippen LogP contribution >= 0.6 is 0 Å². The van der Waals surface area contributed by atoms with Gasteiger partial charge in [-0.2, -0.15) is 0 Å². The van der Waals surface area contributed by atoms with E-state index in [1.807, 2.05) is 7.05 Å². The molecule has 1 aliphatic rings. The van der Waals surface area contributed by atoms with Crippen molar-refractivity contribution in [3.63, 3.8) is 0 Å². The van der Waals surface area contributed by atoms with Crippen LogP contribution in [0.4, 0.5) is 0 Å². The highest BCUT2D eigenvalue weighted by Gasteiger charge is 2.19. The molecule has 0 atom stereocenters. The highest BCUT2D eigenvalue weighted by molar-refractivity contribution is 5.79. The summed E-state index contributed by atoms with van der Waals surface area (Å²) in [7, 11) is 1.83. The quantitative estimate of drug-likeness (QED) is 0.389. The van der Waals surface area contributed by atoms with E-state index in [0.717, 1.165) is 32.1 Å². The van der Waals surface area contributed by atoms with Crippen molar-refractivity contribution in [2.75, 3.05) is 46.4 Å². The van der Waals surface area contributed by atoms with Crippen molar-refractivity contribution < 1.29 is 4.74 Å². The van der Waals surface area contributed by atoms with Crippen LogP contribution in [0.5, 0.6) is 0 Å². The minimum atomic E-state index is 0.543. The van der Waals surface area contributed by atoms with Crippen LogP contribution in [-0.4, -0.2) is 63.3 Å². The molecule has 2 N–H and O–H groups in total. The van der Waals surface area contributed by atoms with Gasteiger partial charge in [-0.3, -0.25) is 4.99 Å². The lowest BCUT2D eigenvalue weighted by atomic mass is 10.1. The summed E-state index contributed by atoms with van der Waals surface area (Å²) in [6.07, 6.45) is 4.78. The monoisotopic (exact) mass is 312 g/mol. The number of nitrogens with one attached hydrogen (secondary N) is 2. The van der Waals surface area contributed by atoms with Crippen LogP contribution in [0.25, 0.3) is 0 Å². The van der Waals surface area contributed by atoms with E-state index in [9.17, 15) is 0 Å². The van der Waals surface area contributed by atoms with E-state index < -0.39 is 0 Å². The molecule has 5 nitrogen and oxygen atoms in total. The molecular formula is C17H36N4O. The standard InChI is InChI=1S/C17H36N4O/c1-5-10-21-11-6-16(7-12-21)20-17(18-4)19-9-14-22-13-8-15(2)3/h15-16H,5-14H2,1-4H3,(H2,18,19,20). The molecule has 5 heteroatoms. The summed E-state index contributed by atoms with van der Waals surface area (Å²) in [5.41, 5.74) is 0. The van der Waals surface area contributed by atoms with Gasteiger partial charge in [0, 0.05) is 39.3 Å². The van der Waals surface area contributed by atoms with Gasteiger partial charge in [0.05, 0.1) is 6.61 Å². The van der Waals surface area contributed by atoms with Crippen LogP contribution in [0, 0.1) is 5.92 Å². The smallest absolute Gasteiger partial charge is 0.191 e. The van der Waals surface area contributed by atoms with E-state index in [-0.39, 0.29) is 0 Å². The van der Waals surface area contributed by atoms with Crippen LogP contribution in [0.15, 0.2) is 4.99 Å². The van der Waals surface area contributed by atoms with Gasteiger partial charge in [0.25, 0.3) is 0 Å². The first-order valence-corrected chi connectivity index (χ1v) is 8.93. The first kappa shape index (κ1) is 19.2. The summed E-state index contributed by atoms with van der Waals surface area (Å²) in [6.45, 7) is 12.7. The number of hydrogen-bond donors (Lipinski definition) is 2. The number of hydrogen-bond acceptors (Lipinski definition) is 3. The summed E-state index contributed by atoms with van der Waals surface area (Å²) in [5.74, 6) is 1.61. The van der Waals surface area contributed by atoms with Gasteiger partial charge in [0.2, 0.25) is 0 Å². The first-order chi connectivity index (χ1) is 10.7. The molecular weight excluding hydrogens is 276 g/mol. The molecule has 0 spiro atoms. The second-order valence-corrected chi connectivity index (χ2v) is 6.55. The average molecular weight is 313 g/mol. The third-order valence-electron chi connectivity index (χ3n) is 4.07. The third-order valence-corrected chi connectivity index (χ3v) is 4.07. The lowest BCUT2D eigenvalue weighted by molar-refractivity contribution is 0.128. The van der Waals surface area contributed by atoms with Crippen LogP contribution in [-0.2, 0) is 4.74 Å². The Morgan fingerprint density at radius 2 is 2.00 bits per heavy atom. The van der Waals surface area contributed by atoms with Gasteiger partial charge < -0.3 is 20.3 Å². The Balaban J connectivity index is 2.10. The molecule has 22 heavy (non-hydrogen) atoms. The second kappa shape index (κ2) is 11.7. The summed E-state index contributed by atoms with van der Waals surface area (Å²) in [5, 5.41) is 6.88. The van der Waals surface area contributed by atoms with Crippen LogP contribution < -0.4 is 10.6 Å². The number of nitrogens with zero attached hydrogens (tertiary/aromatic N) is 2. The van der Waals surface area contributed by atoms with Crippen molar-refractivity contribution in [3.8, 4) is 0 Å². The molecule has 0 bridgehead atoms. The molecule has 0 aliphatic carbocycles. The van der Waals surface area contributed by atoms with Crippen LogP contribution in [0.3, 0.4) is 0 Å². The van der Waals surface area contributed by atoms with Gasteiger partial charge >= 0.3 is 0 Å². The minimum absolute atomic E-state index is 0.543. The van der Waals surface area contributed by atoms with Gasteiger partial charge in [-0.25, -0.2) is 0 Å². The Morgan fingerprint density at radius 3 is 2.59 bits per heavy atom. The zero-order valence-corrected chi connectivity index (χ0v) is 15.0. The SMILES string of the molecule is CCCN1CCC(NC(=NC)NCCOCCC(C)C)CC1. The molecule has 0 aromatic heterocycles. The lowest BCUT2D eigenvalue weighted by Gasteiger charge is -2.32. The van der Waals surface area contributed by atoms with E-state index in [4.69, 9.17) is 4.74 Å². The molecule has 1 fully saturated rings. The molecule has 1 rings (SSSR count). The van der Waals surface area contributed by atoms with Crippen LogP contribution in [0.2, 0.25) is 0 Å². The fraction of sp³-hybridized carbons (Fsp3) is 0.941. The van der Waals surface area contributed by atoms with E-state index in [1.165, 1.54) is 38.9 Å². The number of piperidine rings is 1. The van der Waals surface area contributed by atoms with Crippen molar-refractivity contribution >= 4 is 5.96 Å². The maximum atomic E-state index is 5.62. The Bertz CT molecular complexity index is 299. The second-order valence-electron chi connectivity index (χ2n) is 6.55. The predicted molar refractivity (Wildman–Crippen MR) is 94.5 cm³/mol. The van der Waals surface area contributed by atoms with Crippen molar-refractivity contribution in [3.05, 3.63) is 0 Å². The van der Waals surface area contributed by atoms with E-state index in [0.29, 0.717) is 12.0 Å².